The number of carbonyl (C=O) groups is 1. The quantitative estimate of drug-likeness (QED) is 0.700. The maximum absolute atomic E-state index is 12.3. The predicted octanol–water partition coefficient (Wildman–Crippen LogP) is 5.13. The Morgan fingerprint density at radius 2 is 1.67 bits per heavy atom. The van der Waals surface area contributed by atoms with Crippen molar-refractivity contribution in [3.8, 4) is 11.5 Å². The van der Waals surface area contributed by atoms with E-state index in [0.717, 1.165) is 4.90 Å². The molecule has 0 heterocycles. The second-order valence-electron chi connectivity index (χ2n) is 4.92. The molecule has 0 saturated carbocycles. The maximum atomic E-state index is 12.3. The summed E-state index contributed by atoms with van der Waals surface area (Å²) in [7, 11) is 3.15. The molecule has 0 fully saturated rings. The molecule has 24 heavy (non-hydrogen) atoms. The molecule has 1 atom stereocenters. The first-order chi connectivity index (χ1) is 11.4. The Labute approximate surface area is 155 Å². The number of nitrogens with one attached hydrogen (secondary N) is 1. The standard InChI is InChI=1S/C17H17Cl2NO3S/c1-10(17(21)20-13-7-11(18)6-12(19)8-13)24-14-4-5-15(22-2)16(9-14)23-3/h4-10H,1-3H3,(H,20,21)/t10-/m1/s1. The summed E-state index contributed by atoms with van der Waals surface area (Å²) in [6, 6.07) is 10.4. The van der Waals surface area contributed by atoms with Crippen LogP contribution in [0.5, 0.6) is 11.5 Å². The van der Waals surface area contributed by atoms with Crippen LogP contribution >= 0.6 is 35.0 Å². The van der Waals surface area contributed by atoms with E-state index in [9.17, 15) is 4.79 Å². The molecule has 2 aromatic rings. The number of hydrogen-bond donors (Lipinski definition) is 1. The van der Waals surface area contributed by atoms with Crippen LogP contribution in [0.3, 0.4) is 0 Å². The number of anilines is 1. The molecule has 0 aliphatic carbocycles. The fraction of sp³-hybridized carbons (Fsp3) is 0.235. The summed E-state index contributed by atoms with van der Waals surface area (Å²) in [6.45, 7) is 1.82. The smallest absolute Gasteiger partial charge is 0.237 e. The molecular weight excluding hydrogens is 369 g/mol. The minimum absolute atomic E-state index is 0.145. The highest BCUT2D eigenvalue weighted by molar-refractivity contribution is 8.00. The molecule has 0 radical (unpaired) electrons. The third-order valence-electron chi connectivity index (χ3n) is 3.17. The van der Waals surface area contributed by atoms with Crippen LogP contribution in [-0.4, -0.2) is 25.4 Å². The molecule has 0 unspecified atom stereocenters. The molecule has 7 heteroatoms. The van der Waals surface area contributed by atoms with Gasteiger partial charge in [-0.2, -0.15) is 0 Å². The number of carbonyl (C=O) groups excluding carboxylic acids is 1. The highest BCUT2D eigenvalue weighted by Gasteiger charge is 2.16. The Morgan fingerprint density at radius 1 is 1.04 bits per heavy atom. The first-order valence-electron chi connectivity index (χ1n) is 7.08. The van der Waals surface area contributed by atoms with E-state index in [0.29, 0.717) is 27.2 Å². The Bertz CT molecular complexity index is 720. The van der Waals surface area contributed by atoms with E-state index >= 15 is 0 Å². The molecule has 0 bridgehead atoms. The Balaban J connectivity index is 2.06. The van der Waals surface area contributed by atoms with Gasteiger partial charge in [-0.25, -0.2) is 0 Å². The van der Waals surface area contributed by atoms with E-state index in [-0.39, 0.29) is 11.2 Å². The number of amides is 1. The van der Waals surface area contributed by atoms with Gasteiger partial charge in [0, 0.05) is 20.6 Å². The van der Waals surface area contributed by atoms with Crippen molar-refractivity contribution in [2.75, 3.05) is 19.5 Å². The number of methoxy groups -OCH3 is 2. The van der Waals surface area contributed by atoms with Gasteiger partial charge in [-0.3, -0.25) is 4.79 Å². The van der Waals surface area contributed by atoms with Crippen molar-refractivity contribution < 1.29 is 14.3 Å². The lowest BCUT2D eigenvalue weighted by Crippen LogP contribution is -2.22. The SMILES string of the molecule is COc1ccc(S[C@H](C)C(=O)Nc2cc(Cl)cc(Cl)c2)cc1OC. The van der Waals surface area contributed by atoms with Crippen LogP contribution in [0.15, 0.2) is 41.3 Å². The summed E-state index contributed by atoms with van der Waals surface area (Å²) < 4.78 is 10.5. The molecule has 4 nitrogen and oxygen atoms in total. The van der Waals surface area contributed by atoms with Gasteiger partial charge in [0.1, 0.15) is 0 Å². The summed E-state index contributed by atoms with van der Waals surface area (Å²) >= 11 is 13.3. The third-order valence-corrected chi connectivity index (χ3v) is 4.70. The van der Waals surface area contributed by atoms with E-state index in [1.54, 1.807) is 32.4 Å². The molecule has 1 amide bonds. The van der Waals surface area contributed by atoms with Gasteiger partial charge in [-0.1, -0.05) is 23.2 Å². The van der Waals surface area contributed by atoms with Gasteiger partial charge in [-0.05, 0) is 43.3 Å². The normalized spacial score (nSPS) is 11.7. The Kier molecular flexibility index (Phi) is 6.66. The zero-order valence-corrected chi connectivity index (χ0v) is 15.8. The number of hydrogen-bond acceptors (Lipinski definition) is 4. The van der Waals surface area contributed by atoms with Crippen molar-refractivity contribution in [3.05, 3.63) is 46.4 Å². The van der Waals surface area contributed by atoms with Crippen LogP contribution in [-0.2, 0) is 4.79 Å². The number of benzene rings is 2. The zero-order chi connectivity index (χ0) is 17.7. The first kappa shape index (κ1) is 18.8. The molecule has 1 N–H and O–H groups in total. The highest BCUT2D eigenvalue weighted by Crippen LogP contribution is 2.34. The molecular formula is C17H17Cl2NO3S. The van der Waals surface area contributed by atoms with E-state index in [1.807, 2.05) is 25.1 Å². The lowest BCUT2D eigenvalue weighted by Gasteiger charge is -2.14. The van der Waals surface area contributed by atoms with Crippen LogP contribution in [0.1, 0.15) is 6.92 Å². The van der Waals surface area contributed by atoms with E-state index in [2.05, 4.69) is 5.32 Å². The second-order valence-corrected chi connectivity index (χ2v) is 7.21. The Hall–Kier alpha value is -1.56. The number of rotatable bonds is 6. The van der Waals surface area contributed by atoms with Gasteiger partial charge in [-0.15, -0.1) is 11.8 Å². The van der Waals surface area contributed by atoms with Crippen LogP contribution < -0.4 is 14.8 Å². The summed E-state index contributed by atoms with van der Waals surface area (Å²) in [5.74, 6) is 1.12. The van der Waals surface area contributed by atoms with Gasteiger partial charge in [0.05, 0.1) is 19.5 Å². The average molecular weight is 386 g/mol. The van der Waals surface area contributed by atoms with Gasteiger partial charge < -0.3 is 14.8 Å². The summed E-state index contributed by atoms with van der Waals surface area (Å²) in [6.07, 6.45) is 0. The molecule has 0 aromatic heterocycles. The van der Waals surface area contributed by atoms with Crippen LogP contribution in [0.2, 0.25) is 10.0 Å². The van der Waals surface area contributed by atoms with E-state index in [1.165, 1.54) is 11.8 Å². The summed E-state index contributed by atoms with van der Waals surface area (Å²) in [5, 5.41) is 3.43. The van der Waals surface area contributed by atoms with Crippen molar-refractivity contribution >= 4 is 46.6 Å². The number of ether oxygens (including phenoxy) is 2. The monoisotopic (exact) mass is 385 g/mol. The van der Waals surface area contributed by atoms with Gasteiger partial charge >= 0.3 is 0 Å². The largest absolute Gasteiger partial charge is 0.493 e. The maximum Gasteiger partial charge on any atom is 0.237 e. The molecule has 2 rings (SSSR count). The van der Waals surface area contributed by atoms with Gasteiger partial charge in [0.25, 0.3) is 0 Å². The zero-order valence-electron chi connectivity index (χ0n) is 13.4. The topological polar surface area (TPSA) is 47.6 Å². The van der Waals surface area contributed by atoms with E-state index < -0.39 is 0 Å². The van der Waals surface area contributed by atoms with E-state index in [4.69, 9.17) is 32.7 Å². The molecule has 0 spiro atoms. The van der Waals surface area contributed by atoms with Crippen LogP contribution in [0.25, 0.3) is 0 Å². The summed E-state index contributed by atoms with van der Waals surface area (Å²) in [4.78, 5) is 13.2. The minimum Gasteiger partial charge on any atom is -0.493 e. The molecule has 0 aliphatic rings. The fourth-order valence-electron chi connectivity index (χ4n) is 2.02. The van der Waals surface area contributed by atoms with Crippen molar-refractivity contribution in [1.29, 1.82) is 0 Å². The van der Waals surface area contributed by atoms with Crippen LogP contribution in [0, 0.1) is 0 Å². The average Bonchev–Trinajstić information content (AvgIpc) is 2.53. The lowest BCUT2D eigenvalue weighted by molar-refractivity contribution is -0.115. The van der Waals surface area contributed by atoms with Gasteiger partial charge in [0.15, 0.2) is 11.5 Å². The summed E-state index contributed by atoms with van der Waals surface area (Å²) in [5.41, 5.74) is 0.567. The third kappa shape index (κ3) is 4.97. The fourth-order valence-corrected chi connectivity index (χ4v) is 3.44. The molecule has 128 valence electrons. The highest BCUT2D eigenvalue weighted by atomic mass is 35.5. The molecule has 2 aromatic carbocycles. The van der Waals surface area contributed by atoms with Crippen molar-refractivity contribution in [1.82, 2.24) is 0 Å². The van der Waals surface area contributed by atoms with Gasteiger partial charge in [0.2, 0.25) is 5.91 Å². The van der Waals surface area contributed by atoms with Crippen molar-refractivity contribution in [3.63, 3.8) is 0 Å². The van der Waals surface area contributed by atoms with Crippen molar-refractivity contribution in [2.45, 2.75) is 17.1 Å². The Morgan fingerprint density at radius 3 is 2.25 bits per heavy atom. The number of halogens is 2. The second kappa shape index (κ2) is 8.51. The molecule has 0 aliphatic heterocycles. The predicted molar refractivity (Wildman–Crippen MR) is 100.0 cm³/mol. The van der Waals surface area contributed by atoms with Crippen molar-refractivity contribution in [2.24, 2.45) is 0 Å². The minimum atomic E-state index is -0.319. The van der Waals surface area contributed by atoms with Crippen LogP contribution in [0.4, 0.5) is 5.69 Å². The number of thioether (sulfide) groups is 1. The first-order valence-corrected chi connectivity index (χ1v) is 8.72. The lowest BCUT2D eigenvalue weighted by atomic mass is 10.3. The molecule has 0 saturated heterocycles.